The number of methoxy groups -OCH3 is 3. The van der Waals surface area contributed by atoms with Crippen molar-refractivity contribution in [1.82, 2.24) is 4.98 Å². The first-order valence-electron chi connectivity index (χ1n) is 9.55. The summed E-state index contributed by atoms with van der Waals surface area (Å²) in [7, 11) is 4.63. The molecule has 0 spiro atoms. The fraction of sp³-hybridized carbons (Fsp3) is 0.217. The number of rotatable bonds is 9. The number of thiazole rings is 1. The van der Waals surface area contributed by atoms with Crippen LogP contribution in [0.25, 0.3) is 17.3 Å². The molecule has 1 aromatic heterocycles. The van der Waals surface area contributed by atoms with Crippen molar-refractivity contribution in [2.75, 3.05) is 33.3 Å². The summed E-state index contributed by atoms with van der Waals surface area (Å²) in [6, 6.07) is 11.2. The molecule has 0 radical (unpaired) electrons. The summed E-state index contributed by atoms with van der Waals surface area (Å²) in [4.78, 5) is 16.8. The SMILES string of the molecule is CCOc1ccc(-c2csc(NC(=O)C=Cc3cc(OC)c(OC)c(OC)c3)n2)cc1. The lowest BCUT2D eigenvalue weighted by atomic mass is 10.1. The first-order valence-corrected chi connectivity index (χ1v) is 10.4. The minimum absolute atomic E-state index is 0.290. The van der Waals surface area contributed by atoms with Gasteiger partial charge in [0.05, 0.1) is 33.6 Å². The minimum atomic E-state index is -0.290. The van der Waals surface area contributed by atoms with Crippen molar-refractivity contribution in [3.63, 3.8) is 0 Å². The van der Waals surface area contributed by atoms with Gasteiger partial charge >= 0.3 is 0 Å². The summed E-state index contributed by atoms with van der Waals surface area (Å²) in [5, 5.41) is 5.20. The van der Waals surface area contributed by atoms with Gasteiger partial charge in [0.25, 0.3) is 0 Å². The van der Waals surface area contributed by atoms with E-state index < -0.39 is 0 Å². The van der Waals surface area contributed by atoms with Crippen LogP contribution < -0.4 is 24.3 Å². The van der Waals surface area contributed by atoms with Crippen LogP contribution in [0.5, 0.6) is 23.0 Å². The number of carbonyl (C=O) groups excluding carboxylic acids is 1. The first-order chi connectivity index (χ1) is 15.1. The maximum Gasteiger partial charge on any atom is 0.250 e. The molecule has 0 saturated heterocycles. The van der Waals surface area contributed by atoms with Gasteiger partial charge in [-0.25, -0.2) is 4.98 Å². The van der Waals surface area contributed by atoms with E-state index in [1.54, 1.807) is 39.5 Å². The van der Waals surface area contributed by atoms with E-state index in [9.17, 15) is 4.79 Å². The first kappa shape index (κ1) is 22.2. The molecule has 1 N–H and O–H groups in total. The Morgan fingerprint density at radius 1 is 1.06 bits per heavy atom. The van der Waals surface area contributed by atoms with Crippen molar-refractivity contribution < 1.29 is 23.7 Å². The topological polar surface area (TPSA) is 78.9 Å². The lowest BCUT2D eigenvalue weighted by molar-refractivity contribution is -0.111. The van der Waals surface area contributed by atoms with Crippen molar-refractivity contribution in [2.45, 2.75) is 6.92 Å². The molecule has 0 saturated carbocycles. The molecule has 0 fully saturated rings. The molecule has 0 aliphatic heterocycles. The van der Waals surface area contributed by atoms with Gasteiger partial charge < -0.3 is 18.9 Å². The Kier molecular flexibility index (Phi) is 7.50. The number of nitrogens with one attached hydrogen (secondary N) is 1. The maximum atomic E-state index is 12.3. The van der Waals surface area contributed by atoms with E-state index in [1.807, 2.05) is 36.6 Å². The fourth-order valence-electron chi connectivity index (χ4n) is 2.87. The van der Waals surface area contributed by atoms with E-state index in [1.165, 1.54) is 17.4 Å². The number of hydrogen-bond acceptors (Lipinski definition) is 7. The monoisotopic (exact) mass is 440 g/mol. The predicted molar refractivity (Wildman–Crippen MR) is 122 cm³/mol. The summed E-state index contributed by atoms with van der Waals surface area (Å²) < 4.78 is 21.4. The van der Waals surface area contributed by atoms with E-state index in [4.69, 9.17) is 18.9 Å². The molecule has 0 unspecified atom stereocenters. The van der Waals surface area contributed by atoms with Crippen LogP contribution in [0.15, 0.2) is 47.9 Å². The van der Waals surface area contributed by atoms with Crippen LogP contribution in [0.2, 0.25) is 0 Å². The fourth-order valence-corrected chi connectivity index (χ4v) is 3.59. The third-order valence-corrected chi connectivity index (χ3v) is 5.07. The third kappa shape index (κ3) is 5.55. The van der Waals surface area contributed by atoms with E-state index in [2.05, 4.69) is 10.3 Å². The van der Waals surface area contributed by atoms with Crippen LogP contribution in [0, 0.1) is 0 Å². The maximum absolute atomic E-state index is 12.3. The minimum Gasteiger partial charge on any atom is -0.494 e. The Morgan fingerprint density at radius 2 is 1.74 bits per heavy atom. The lowest BCUT2D eigenvalue weighted by Crippen LogP contribution is -2.07. The van der Waals surface area contributed by atoms with Crippen LogP contribution in [-0.4, -0.2) is 38.8 Å². The van der Waals surface area contributed by atoms with E-state index in [0.717, 1.165) is 22.6 Å². The third-order valence-electron chi connectivity index (χ3n) is 4.31. The highest BCUT2D eigenvalue weighted by Gasteiger charge is 2.12. The number of aromatic nitrogens is 1. The molecule has 0 aliphatic carbocycles. The molecule has 1 heterocycles. The molecule has 162 valence electrons. The van der Waals surface area contributed by atoms with Gasteiger partial charge in [-0.1, -0.05) is 0 Å². The number of amides is 1. The summed E-state index contributed by atoms with van der Waals surface area (Å²) in [5.74, 6) is 2.05. The zero-order valence-corrected chi connectivity index (χ0v) is 18.6. The Morgan fingerprint density at radius 3 is 2.32 bits per heavy atom. The van der Waals surface area contributed by atoms with Gasteiger partial charge in [0.15, 0.2) is 16.6 Å². The van der Waals surface area contributed by atoms with Crippen LogP contribution in [0.1, 0.15) is 12.5 Å². The predicted octanol–water partition coefficient (Wildman–Crippen LogP) is 4.89. The molecular weight excluding hydrogens is 416 g/mol. The normalized spacial score (nSPS) is 10.7. The van der Waals surface area contributed by atoms with Crippen molar-refractivity contribution in [3.05, 3.63) is 53.4 Å². The highest BCUT2D eigenvalue weighted by atomic mass is 32.1. The molecule has 8 heteroatoms. The van der Waals surface area contributed by atoms with Gasteiger partial charge in [0, 0.05) is 17.0 Å². The highest BCUT2D eigenvalue weighted by molar-refractivity contribution is 7.14. The van der Waals surface area contributed by atoms with Gasteiger partial charge in [-0.05, 0) is 55.0 Å². The number of hydrogen-bond donors (Lipinski definition) is 1. The second-order valence-electron chi connectivity index (χ2n) is 6.28. The van der Waals surface area contributed by atoms with Crippen LogP contribution in [0.3, 0.4) is 0 Å². The Labute approximate surface area is 185 Å². The molecule has 3 aromatic rings. The average molecular weight is 441 g/mol. The van der Waals surface area contributed by atoms with Crippen molar-refractivity contribution in [1.29, 1.82) is 0 Å². The quantitative estimate of drug-likeness (QED) is 0.478. The Balaban J connectivity index is 1.68. The summed E-state index contributed by atoms with van der Waals surface area (Å²) in [5.41, 5.74) is 2.48. The smallest absolute Gasteiger partial charge is 0.250 e. The van der Waals surface area contributed by atoms with Crippen molar-refractivity contribution >= 4 is 28.5 Å². The van der Waals surface area contributed by atoms with Gasteiger partial charge in [0.2, 0.25) is 11.7 Å². The average Bonchev–Trinajstić information content (AvgIpc) is 3.25. The summed E-state index contributed by atoms with van der Waals surface area (Å²) in [6.07, 6.45) is 3.10. The second-order valence-corrected chi connectivity index (χ2v) is 7.13. The zero-order chi connectivity index (χ0) is 22.2. The molecule has 0 aliphatic rings. The number of carbonyl (C=O) groups is 1. The molecular formula is C23H24N2O5S. The Bertz CT molecular complexity index is 1040. The van der Waals surface area contributed by atoms with Crippen molar-refractivity contribution in [3.8, 4) is 34.3 Å². The number of benzene rings is 2. The highest BCUT2D eigenvalue weighted by Crippen LogP contribution is 2.38. The summed E-state index contributed by atoms with van der Waals surface area (Å²) >= 11 is 1.36. The van der Waals surface area contributed by atoms with Crippen LogP contribution in [-0.2, 0) is 4.79 Å². The largest absolute Gasteiger partial charge is 0.494 e. The lowest BCUT2D eigenvalue weighted by Gasteiger charge is -2.12. The molecule has 7 nitrogen and oxygen atoms in total. The van der Waals surface area contributed by atoms with E-state index in [-0.39, 0.29) is 5.91 Å². The summed E-state index contributed by atoms with van der Waals surface area (Å²) in [6.45, 7) is 2.56. The van der Waals surface area contributed by atoms with Gasteiger partial charge in [-0.15, -0.1) is 11.3 Å². The van der Waals surface area contributed by atoms with Crippen molar-refractivity contribution in [2.24, 2.45) is 0 Å². The van der Waals surface area contributed by atoms with Crippen LogP contribution in [0.4, 0.5) is 5.13 Å². The van der Waals surface area contributed by atoms with Gasteiger partial charge in [-0.2, -0.15) is 0 Å². The van der Waals surface area contributed by atoms with E-state index in [0.29, 0.717) is 29.0 Å². The molecule has 1 amide bonds. The number of nitrogens with zero attached hydrogens (tertiary/aromatic N) is 1. The zero-order valence-electron chi connectivity index (χ0n) is 17.8. The number of anilines is 1. The van der Waals surface area contributed by atoms with Crippen LogP contribution >= 0.6 is 11.3 Å². The van der Waals surface area contributed by atoms with Gasteiger partial charge in [-0.3, -0.25) is 10.1 Å². The molecule has 31 heavy (non-hydrogen) atoms. The Hall–Kier alpha value is -3.52. The number of ether oxygens (including phenoxy) is 4. The second kappa shape index (κ2) is 10.5. The standard InChI is InChI=1S/C23H24N2O5S/c1-5-30-17-9-7-16(8-10-17)18-14-31-23(24-18)25-21(26)11-6-15-12-19(27-2)22(29-4)20(13-15)28-3/h6-14H,5H2,1-4H3,(H,24,25,26). The molecule has 0 bridgehead atoms. The molecule has 0 atom stereocenters. The van der Waals surface area contributed by atoms with Gasteiger partial charge in [0.1, 0.15) is 5.75 Å². The molecule has 3 rings (SSSR count). The molecule has 2 aromatic carbocycles. The van der Waals surface area contributed by atoms with E-state index >= 15 is 0 Å².